The van der Waals surface area contributed by atoms with Gasteiger partial charge in [0.15, 0.2) is 17.5 Å². The molecule has 178 valence electrons. The van der Waals surface area contributed by atoms with Gasteiger partial charge in [0.1, 0.15) is 11.4 Å². The summed E-state index contributed by atoms with van der Waals surface area (Å²) in [7, 11) is 0. The Morgan fingerprint density at radius 1 is 0.971 bits per heavy atom. The van der Waals surface area contributed by atoms with Crippen molar-refractivity contribution in [1.82, 2.24) is 19.7 Å². The lowest BCUT2D eigenvalue weighted by atomic mass is 9.83. The molecule has 0 N–H and O–H groups in total. The van der Waals surface area contributed by atoms with Crippen LogP contribution in [0.3, 0.4) is 0 Å². The van der Waals surface area contributed by atoms with Crippen molar-refractivity contribution in [3.8, 4) is 22.8 Å². The first-order valence-corrected chi connectivity index (χ1v) is 11.3. The zero-order chi connectivity index (χ0) is 24.8. The standard InChI is InChI=1S/C25H16BrF5N4/c26-24(10-9-16(11-21(24)25(29,30)31)15-5-2-1-3-6-15)14-35-13-20-19(12-32-35)33-23(34-20)17-7-4-8-18(27)22(17)28/h1-13,21H,14H2. The average molecular weight is 547 g/mol. The number of hydrogen-bond acceptors (Lipinski definition) is 3. The number of allylic oxidation sites excluding steroid dienone is 4. The van der Waals surface area contributed by atoms with Gasteiger partial charge in [-0.3, -0.25) is 4.68 Å². The van der Waals surface area contributed by atoms with E-state index in [0.717, 1.165) is 6.07 Å². The van der Waals surface area contributed by atoms with E-state index in [1.165, 1.54) is 41.4 Å². The molecule has 0 amide bonds. The van der Waals surface area contributed by atoms with Gasteiger partial charge in [-0.15, -0.1) is 0 Å². The molecule has 2 heterocycles. The van der Waals surface area contributed by atoms with Gasteiger partial charge < -0.3 is 0 Å². The molecule has 0 bridgehead atoms. The van der Waals surface area contributed by atoms with E-state index in [0.29, 0.717) is 22.5 Å². The van der Waals surface area contributed by atoms with Crippen molar-refractivity contribution in [1.29, 1.82) is 0 Å². The maximum atomic E-state index is 14.2. The summed E-state index contributed by atoms with van der Waals surface area (Å²) in [5.74, 6) is -3.98. The SMILES string of the molecule is Fc1cccc(-c2nc3cnn(CC4(Br)C=CC(c5ccccc5)=CC4C(F)(F)F)cc-3n2)c1F. The third-order valence-electron chi connectivity index (χ3n) is 5.77. The van der Waals surface area contributed by atoms with Gasteiger partial charge in [-0.25, -0.2) is 18.7 Å². The number of nitrogens with zero attached hydrogens (tertiary/aromatic N) is 4. The second kappa shape index (κ2) is 8.67. The number of alkyl halides is 4. The van der Waals surface area contributed by atoms with Crippen LogP contribution in [0.25, 0.3) is 28.3 Å². The van der Waals surface area contributed by atoms with Gasteiger partial charge in [-0.1, -0.05) is 70.6 Å². The highest BCUT2D eigenvalue weighted by Gasteiger charge is 2.51. The summed E-state index contributed by atoms with van der Waals surface area (Å²) in [5.41, 5.74) is 1.64. The highest BCUT2D eigenvalue weighted by Crippen LogP contribution is 2.47. The Hall–Kier alpha value is -3.40. The maximum absolute atomic E-state index is 14.2. The molecule has 2 aromatic rings. The van der Waals surface area contributed by atoms with Gasteiger partial charge in [-0.05, 0) is 23.3 Å². The number of aromatic nitrogens is 4. The summed E-state index contributed by atoms with van der Waals surface area (Å²) in [6.45, 7) is -0.168. The zero-order valence-electron chi connectivity index (χ0n) is 17.8. The van der Waals surface area contributed by atoms with Crippen LogP contribution < -0.4 is 0 Å². The Labute approximate surface area is 205 Å². The molecule has 2 aliphatic heterocycles. The van der Waals surface area contributed by atoms with Crippen LogP contribution in [-0.2, 0) is 6.54 Å². The van der Waals surface area contributed by atoms with Gasteiger partial charge in [0.05, 0.1) is 34.7 Å². The zero-order valence-corrected chi connectivity index (χ0v) is 19.4. The number of imidazole rings is 1. The number of rotatable bonds is 4. The largest absolute Gasteiger partial charge is 0.396 e. The van der Waals surface area contributed by atoms with E-state index < -0.39 is 28.1 Å². The van der Waals surface area contributed by atoms with Gasteiger partial charge in [0, 0.05) is 0 Å². The Morgan fingerprint density at radius 2 is 1.71 bits per heavy atom. The van der Waals surface area contributed by atoms with Crippen LogP contribution >= 0.6 is 15.9 Å². The number of fused-ring (bicyclic) bond motifs is 1. The number of hydrogen-bond donors (Lipinski definition) is 0. The van der Waals surface area contributed by atoms with Crippen molar-refractivity contribution >= 4 is 21.5 Å². The van der Waals surface area contributed by atoms with Crippen LogP contribution in [0.4, 0.5) is 22.0 Å². The van der Waals surface area contributed by atoms with Crippen molar-refractivity contribution in [3.05, 3.63) is 96.4 Å². The lowest BCUT2D eigenvalue weighted by Gasteiger charge is -2.36. The van der Waals surface area contributed by atoms with Crippen LogP contribution in [0.15, 0.2) is 79.2 Å². The van der Waals surface area contributed by atoms with Crippen molar-refractivity contribution < 1.29 is 22.0 Å². The van der Waals surface area contributed by atoms with Gasteiger partial charge in [0.25, 0.3) is 0 Å². The van der Waals surface area contributed by atoms with Crippen molar-refractivity contribution in [2.75, 3.05) is 0 Å². The molecule has 10 heteroatoms. The summed E-state index contributed by atoms with van der Waals surface area (Å²) < 4.78 is 69.9. The molecular formula is C25H16BrF5N4. The Kier molecular flexibility index (Phi) is 5.79. The molecule has 3 aliphatic rings. The predicted octanol–water partition coefficient (Wildman–Crippen LogP) is 6.69. The molecule has 1 aliphatic carbocycles. The predicted molar refractivity (Wildman–Crippen MR) is 125 cm³/mol. The third kappa shape index (κ3) is 4.50. The van der Waals surface area contributed by atoms with Crippen LogP contribution in [0.1, 0.15) is 5.56 Å². The highest BCUT2D eigenvalue weighted by molar-refractivity contribution is 9.10. The van der Waals surface area contributed by atoms with E-state index in [-0.39, 0.29) is 17.9 Å². The van der Waals surface area contributed by atoms with E-state index in [1.807, 2.05) is 0 Å². The molecule has 35 heavy (non-hydrogen) atoms. The molecule has 0 radical (unpaired) electrons. The fraction of sp³-hybridized carbons (Fsp3) is 0.160. The molecule has 2 aromatic carbocycles. The minimum absolute atomic E-state index is 0.0359. The minimum atomic E-state index is -4.53. The first kappa shape index (κ1) is 23.3. The topological polar surface area (TPSA) is 43.6 Å². The summed E-state index contributed by atoms with van der Waals surface area (Å²) in [6.07, 6.45) is 2.58. The van der Waals surface area contributed by atoms with E-state index in [9.17, 15) is 22.0 Å². The fourth-order valence-electron chi connectivity index (χ4n) is 4.04. The van der Waals surface area contributed by atoms with E-state index in [4.69, 9.17) is 0 Å². The summed E-state index contributed by atoms with van der Waals surface area (Å²) in [4.78, 5) is 8.41. The second-order valence-electron chi connectivity index (χ2n) is 8.16. The molecule has 2 atom stereocenters. The molecule has 0 spiro atoms. The van der Waals surface area contributed by atoms with Crippen LogP contribution in [0.2, 0.25) is 0 Å². The average Bonchev–Trinajstić information content (AvgIpc) is 3.24. The second-order valence-corrected chi connectivity index (χ2v) is 9.63. The Bertz CT molecular complexity index is 1410. The molecule has 0 fully saturated rings. The Balaban J connectivity index is 1.48. The number of benzene rings is 2. The van der Waals surface area contributed by atoms with E-state index in [1.54, 1.807) is 36.4 Å². The molecule has 4 nitrogen and oxygen atoms in total. The normalized spacial score (nSPS) is 20.3. The minimum Gasteiger partial charge on any atom is -0.269 e. The quantitative estimate of drug-likeness (QED) is 0.211. The first-order valence-electron chi connectivity index (χ1n) is 10.5. The molecule has 0 aromatic heterocycles. The third-order valence-corrected chi connectivity index (χ3v) is 6.78. The van der Waals surface area contributed by atoms with Crippen molar-refractivity contribution in [2.24, 2.45) is 5.92 Å². The molecule has 0 saturated carbocycles. The molecule has 0 saturated heterocycles. The lowest BCUT2D eigenvalue weighted by Crippen LogP contribution is -2.43. The van der Waals surface area contributed by atoms with Gasteiger partial charge in [0.2, 0.25) is 0 Å². The first-order chi connectivity index (χ1) is 16.6. The molecular weight excluding hydrogens is 531 g/mol. The number of halogens is 6. The van der Waals surface area contributed by atoms with Gasteiger partial charge in [-0.2, -0.15) is 18.3 Å². The lowest BCUT2D eigenvalue weighted by molar-refractivity contribution is -0.166. The van der Waals surface area contributed by atoms with E-state index in [2.05, 4.69) is 31.0 Å². The van der Waals surface area contributed by atoms with Gasteiger partial charge >= 0.3 is 6.18 Å². The van der Waals surface area contributed by atoms with Crippen molar-refractivity contribution in [2.45, 2.75) is 17.0 Å². The fourth-order valence-corrected chi connectivity index (χ4v) is 4.82. The smallest absolute Gasteiger partial charge is 0.269 e. The van der Waals surface area contributed by atoms with Crippen LogP contribution in [0.5, 0.6) is 0 Å². The van der Waals surface area contributed by atoms with E-state index >= 15 is 0 Å². The maximum Gasteiger partial charge on any atom is 0.396 e. The molecule has 2 unspecified atom stereocenters. The summed E-state index contributed by atoms with van der Waals surface area (Å²) in [6, 6.07) is 12.5. The monoisotopic (exact) mass is 546 g/mol. The van der Waals surface area contributed by atoms with Crippen molar-refractivity contribution in [3.63, 3.8) is 0 Å². The van der Waals surface area contributed by atoms with Crippen LogP contribution in [-0.4, -0.2) is 30.2 Å². The molecule has 5 rings (SSSR count). The summed E-state index contributed by atoms with van der Waals surface area (Å²) >= 11 is 3.32. The Morgan fingerprint density at radius 3 is 2.46 bits per heavy atom. The van der Waals surface area contributed by atoms with Crippen LogP contribution in [0, 0.1) is 17.6 Å². The summed E-state index contributed by atoms with van der Waals surface area (Å²) in [5, 5.41) is 4.18. The highest BCUT2D eigenvalue weighted by atomic mass is 79.9.